The van der Waals surface area contributed by atoms with Gasteiger partial charge in [-0.2, -0.15) is 0 Å². The number of anilines is 1. The van der Waals surface area contributed by atoms with Gasteiger partial charge >= 0.3 is 0 Å². The fraction of sp³-hybridized carbons (Fsp3) is 0.174. The molecule has 7 heteroatoms. The molecule has 3 rings (SSSR count). The molecule has 0 aliphatic rings. The molecule has 1 N–H and O–H groups in total. The second-order valence-corrected chi connectivity index (χ2v) is 9.33. The van der Waals surface area contributed by atoms with Crippen LogP contribution in [0.25, 0.3) is 0 Å². The zero-order valence-corrected chi connectivity index (χ0v) is 18.4. The number of hydrogen-bond donors (Lipinski definition) is 1. The van der Waals surface area contributed by atoms with Crippen LogP contribution in [0.3, 0.4) is 0 Å². The number of hydrogen-bond acceptors (Lipinski definition) is 3. The summed E-state index contributed by atoms with van der Waals surface area (Å²) < 4.78 is 26.1. The Bertz CT molecular complexity index is 1150. The lowest BCUT2D eigenvalue weighted by molar-refractivity contribution is 0.0951. The highest BCUT2D eigenvalue weighted by Crippen LogP contribution is 2.23. The Morgan fingerprint density at radius 3 is 2.13 bits per heavy atom. The minimum absolute atomic E-state index is 0.226. The minimum Gasteiger partial charge on any atom is -0.348 e. The predicted molar refractivity (Wildman–Crippen MR) is 121 cm³/mol. The van der Waals surface area contributed by atoms with Crippen LogP contribution in [0, 0.1) is 6.92 Å². The number of halogens is 1. The van der Waals surface area contributed by atoms with Crippen LogP contribution in [0.5, 0.6) is 0 Å². The van der Waals surface area contributed by atoms with Gasteiger partial charge in [-0.05, 0) is 53.9 Å². The summed E-state index contributed by atoms with van der Waals surface area (Å²) in [5.74, 6) is -0.258. The minimum atomic E-state index is -3.50. The second kappa shape index (κ2) is 9.32. The normalized spacial score (nSPS) is 11.2. The summed E-state index contributed by atoms with van der Waals surface area (Å²) in [6.45, 7) is 2.48. The van der Waals surface area contributed by atoms with E-state index >= 15 is 0 Å². The maximum atomic E-state index is 12.5. The van der Waals surface area contributed by atoms with E-state index in [0.29, 0.717) is 22.8 Å². The Balaban J connectivity index is 1.75. The molecule has 0 atom stereocenters. The molecular weight excluding hydrogens is 420 g/mol. The Hall–Kier alpha value is -2.83. The van der Waals surface area contributed by atoms with Gasteiger partial charge in [0.15, 0.2) is 0 Å². The second-order valence-electron chi connectivity index (χ2n) is 7.02. The quantitative estimate of drug-likeness (QED) is 0.584. The van der Waals surface area contributed by atoms with Gasteiger partial charge in [0.25, 0.3) is 5.91 Å². The van der Waals surface area contributed by atoms with Gasteiger partial charge in [-0.1, -0.05) is 54.1 Å². The molecule has 0 aliphatic carbocycles. The lowest BCUT2D eigenvalue weighted by Crippen LogP contribution is -2.29. The molecule has 3 aromatic carbocycles. The number of rotatable bonds is 7. The standard InChI is InChI=1S/C23H23ClN2O3S/c1-17-7-3-4-9-20(17)16-26(30(2,28)29)21-13-11-18(12-14-21)23(27)25-15-19-8-5-6-10-22(19)24/h3-14H,15-16H2,1-2H3,(H,25,27). The summed E-state index contributed by atoms with van der Waals surface area (Å²) in [6, 6.07) is 21.5. The van der Waals surface area contributed by atoms with Crippen LogP contribution < -0.4 is 9.62 Å². The Morgan fingerprint density at radius 2 is 1.53 bits per heavy atom. The number of carbonyl (C=O) groups is 1. The summed E-state index contributed by atoms with van der Waals surface area (Å²) >= 11 is 6.12. The number of nitrogens with one attached hydrogen (secondary N) is 1. The van der Waals surface area contributed by atoms with Crippen molar-refractivity contribution < 1.29 is 13.2 Å². The summed E-state index contributed by atoms with van der Waals surface area (Å²) in [5, 5.41) is 3.42. The fourth-order valence-electron chi connectivity index (χ4n) is 3.04. The maximum absolute atomic E-state index is 12.5. The third kappa shape index (κ3) is 5.40. The molecule has 0 radical (unpaired) electrons. The van der Waals surface area contributed by atoms with Crippen LogP contribution in [-0.4, -0.2) is 20.6 Å². The van der Waals surface area contributed by atoms with Crippen LogP contribution >= 0.6 is 11.6 Å². The predicted octanol–water partition coefficient (Wildman–Crippen LogP) is 4.54. The zero-order chi connectivity index (χ0) is 21.7. The molecule has 0 saturated heterocycles. The summed E-state index contributed by atoms with van der Waals surface area (Å²) in [6.07, 6.45) is 1.18. The van der Waals surface area contributed by atoms with Crippen molar-refractivity contribution in [3.63, 3.8) is 0 Å². The summed E-state index contributed by atoms with van der Waals surface area (Å²) in [4.78, 5) is 12.5. The van der Waals surface area contributed by atoms with E-state index in [2.05, 4.69) is 5.32 Å². The van der Waals surface area contributed by atoms with Crippen molar-refractivity contribution >= 4 is 33.2 Å². The first kappa shape index (κ1) is 21.9. The van der Waals surface area contributed by atoms with Crippen molar-refractivity contribution in [2.75, 3.05) is 10.6 Å². The highest BCUT2D eigenvalue weighted by atomic mass is 35.5. The molecule has 0 saturated carbocycles. The van der Waals surface area contributed by atoms with Crippen LogP contribution in [0.15, 0.2) is 72.8 Å². The van der Waals surface area contributed by atoms with Gasteiger partial charge < -0.3 is 5.32 Å². The van der Waals surface area contributed by atoms with Crippen LogP contribution in [-0.2, 0) is 23.1 Å². The third-order valence-electron chi connectivity index (χ3n) is 4.79. The van der Waals surface area contributed by atoms with Crippen molar-refractivity contribution in [2.45, 2.75) is 20.0 Å². The molecule has 0 aromatic heterocycles. The van der Waals surface area contributed by atoms with E-state index < -0.39 is 10.0 Å². The van der Waals surface area contributed by atoms with Crippen molar-refractivity contribution in [3.8, 4) is 0 Å². The lowest BCUT2D eigenvalue weighted by Gasteiger charge is -2.23. The number of aryl methyl sites for hydroxylation is 1. The molecular formula is C23H23ClN2O3S. The maximum Gasteiger partial charge on any atom is 0.251 e. The number of benzene rings is 3. The first-order valence-electron chi connectivity index (χ1n) is 9.39. The largest absolute Gasteiger partial charge is 0.348 e. The highest BCUT2D eigenvalue weighted by molar-refractivity contribution is 7.92. The van der Waals surface area contributed by atoms with E-state index in [-0.39, 0.29) is 12.5 Å². The zero-order valence-electron chi connectivity index (χ0n) is 16.8. The van der Waals surface area contributed by atoms with Gasteiger partial charge in [0, 0.05) is 17.1 Å². The summed E-state index contributed by atoms with van der Waals surface area (Å²) in [7, 11) is -3.50. The number of sulfonamides is 1. The monoisotopic (exact) mass is 442 g/mol. The molecule has 0 fully saturated rings. The van der Waals surface area contributed by atoms with Gasteiger partial charge in [0.05, 0.1) is 18.5 Å². The third-order valence-corrected chi connectivity index (χ3v) is 6.30. The van der Waals surface area contributed by atoms with Crippen LogP contribution in [0.4, 0.5) is 5.69 Å². The molecule has 5 nitrogen and oxygen atoms in total. The smallest absolute Gasteiger partial charge is 0.251 e. The topological polar surface area (TPSA) is 66.5 Å². The molecule has 1 amide bonds. The fourth-order valence-corrected chi connectivity index (χ4v) is 4.12. The van der Waals surface area contributed by atoms with E-state index in [1.54, 1.807) is 30.3 Å². The molecule has 0 heterocycles. The van der Waals surface area contributed by atoms with Gasteiger partial charge in [-0.15, -0.1) is 0 Å². The highest BCUT2D eigenvalue weighted by Gasteiger charge is 2.19. The Morgan fingerprint density at radius 1 is 0.933 bits per heavy atom. The molecule has 0 bridgehead atoms. The number of amides is 1. The van der Waals surface area contributed by atoms with E-state index in [4.69, 9.17) is 11.6 Å². The molecule has 30 heavy (non-hydrogen) atoms. The summed E-state index contributed by atoms with van der Waals surface area (Å²) in [5.41, 5.74) is 3.70. The number of nitrogens with zero attached hydrogens (tertiary/aromatic N) is 1. The van der Waals surface area contributed by atoms with Gasteiger partial charge in [-0.3, -0.25) is 9.10 Å². The average molecular weight is 443 g/mol. The van der Waals surface area contributed by atoms with Crippen molar-refractivity contribution in [2.24, 2.45) is 0 Å². The molecule has 0 aliphatic heterocycles. The molecule has 3 aromatic rings. The SMILES string of the molecule is Cc1ccccc1CN(c1ccc(C(=O)NCc2ccccc2Cl)cc1)S(C)(=O)=O. The first-order chi connectivity index (χ1) is 14.3. The molecule has 156 valence electrons. The molecule has 0 spiro atoms. The average Bonchev–Trinajstić information content (AvgIpc) is 2.71. The lowest BCUT2D eigenvalue weighted by atomic mass is 10.1. The van der Waals surface area contributed by atoms with E-state index in [1.807, 2.05) is 49.4 Å². The van der Waals surface area contributed by atoms with Crippen LogP contribution in [0.1, 0.15) is 27.0 Å². The molecule has 0 unspecified atom stereocenters. The van der Waals surface area contributed by atoms with E-state index in [9.17, 15) is 13.2 Å². The van der Waals surface area contributed by atoms with Crippen molar-refractivity contribution in [1.82, 2.24) is 5.32 Å². The van der Waals surface area contributed by atoms with Crippen LogP contribution in [0.2, 0.25) is 5.02 Å². The van der Waals surface area contributed by atoms with Crippen molar-refractivity contribution in [3.05, 3.63) is 100 Å². The first-order valence-corrected chi connectivity index (χ1v) is 11.6. The van der Waals surface area contributed by atoms with Gasteiger partial charge in [-0.25, -0.2) is 8.42 Å². The van der Waals surface area contributed by atoms with Gasteiger partial charge in [0.2, 0.25) is 10.0 Å². The Kier molecular flexibility index (Phi) is 6.80. The number of carbonyl (C=O) groups excluding carboxylic acids is 1. The Labute approximate surface area is 182 Å². The van der Waals surface area contributed by atoms with Crippen molar-refractivity contribution in [1.29, 1.82) is 0 Å². The van der Waals surface area contributed by atoms with Gasteiger partial charge in [0.1, 0.15) is 0 Å². The van der Waals surface area contributed by atoms with E-state index in [1.165, 1.54) is 10.6 Å². The van der Waals surface area contributed by atoms with E-state index in [0.717, 1.165) is 16.7 Å².